The summed E-state index contributed by atoms with van der Waals surface area (Å²) < 4.78 is 14.2. The van der Waals surface area contributed by atoms with Crippen LogP contribution in [-0.2, 0) is 0 Å². The summed E-state index contributed by atoms with van der Waals surface area (Å²) in [6.07, 6.45) is 7.23. The lowest BCUT2D eigenvalue weighted by Crippen LogP contribution is -2.47. The van der Waals surface area contributed by atoms with Gasteiger partial charge in [-0.1, -0.05) is 24.1 Å². The van der Waals surface area contributed by atoms with Crippen LogP contribution < -0.4 is 16.4 Å². The van der Waals surface area contributed by atoms with Gasteiger partial charge in [0.1, 0.15) is 11.5 Å². The molecule has 1 aliphatic carbocycles. The van der Waals surface area contributed by atoms with Crippen LogP contribution in [0.1, 0.15) is 43.4 Å². The summed E-state index contributed by atoms with van der Waals surface area (Å²) in [5.74, 6) is 0.135. The fraction of sp³-hybridized carbons (Fsp3) is 0.450. The lowest BCUT2D eigenvalue weighted by molar-refractivity contribution is 0.197. The molecule has 0 unspecified atom stereocenters. The normalized spacial score (nSPS) is 21.2. The van der Waals surface area contributed by atoms with Crippen LogP contribution in [0, 0.1) is 16.6 Å². The Morgan fingerprint density at radius 3 is 2.68 bits per heavy atom. The van der Waals surface area contributed by atoms with Crippen LogP contribution in [0.4, 0.5) is 16.0 Å². The number of benzene rings is 1. The average molecular weight is 403 g/mol. The van der Waals surface area contributed by atoms with Gasteiger partial charge in [-0.3, -0.25) is 5.41 Å². The van der Waals surface area contributed by atoms with Gasteiger partial charge in [-0.15, -0.1) is 0 Å². The van der Waals surface area contributed by atoms with E-state index in [1.807, 2.05) is 0 Å². The number of nitrogens with one attached hydrogen (secondary N) is 1. The molecular weight excluding hydrogens is 379 g/mol. The molecule has 1 atom stereocenters. The highest BCUT2D eigenvalue weighted by atomic mass is 35.5. The van der Waals surface area contributed by atoms with E-state index >= 15 is 0 Å². The molecule has 2 aliphatic rings. The Labute approximate surface area is 168 Å². The number of anilines is 2. The first-order valence-electron chi connectivity index (χ1n) is 9.58. The minimum atomic E-state index is -0.659. The van der Waals surface area contributed by atoms with Gasteiger partial charge in [0.15, 0.2) is 11.6 Å². The average Bonchev–Trinajstić information content (AvgIpc) is 3.04. The smallest absolute Gasteiger partial charge is 0.154 e. The topological polar surface area (TPSA) is 105 Å². The number of rotatable bonds is 3. The Kier molecular flexibility index (Phi) is 4.97. The van der Waals surface area contributed by atoms with Gasteiger partial charge in [-0.05, 0) is 43.2 Å². The molecule has 2 fully saturated rings. The molecule has 5 N–H and O–H groups in total. The van der Waals surface area contributed by atoms with Crippen LogP contribution in [0.5, 0.6) is 0 Å². The first-order chi connectivity index (χ1) is 13.4. The van der Waals surface area contributed by atoms with E-state index in [4.69, 9.17) is 28.5 Å². The molecule has 1 saturated heterocycles. The van der Waals surface area contributed by atoms with Gasteiger partial charge >= 0.3 is 0 Å². The zero-order chi connectivity index (χ0) is 19.9. The Morgan fingerprint density at radius 1 is 1.29 bits per heavy atom. The number of halogens is 2. The van der Waals surface area contributed by atoms with E-state index < -0.39 is 5.82 Å². The highest BCUT2D eigenvalue weighted by Crippen LogP contribution is 2.45. The molecule has 1 aliphatic heterocycles. The van der Waals surface area contributed by atoms with Crippen LogP contribution in [-0.4, -0.2) is 34.8 Å². The maximum atomic E-state index is 14.2. The van der Waals surface area contributed by atoms with Crippen molar-refractivity contribution in [1.29, 1.82) is 5.41 Å². The Balaban J connectivity index is 1.52. The maximum absolute atomic E-state index is 14.2. The summed E-state index contributed by atoms with van der Waals surface area (Å²) in [5, 5.41) is 8.24. The lowest BCUT2D eigenvalue weighted by Gasteiger charge is -2.42. The second-order valence-electron chi connectivity index (χ2n) is 7.79. The minimum Gasteiger partial charge on any atom is -0.382 e. The summed E-state index contributed by atoms with van der Waals surface area (Å²) in [6.45, 7) is 1.73. The van der Waals surface area contributed by atoms with Crippen LogP contribution in [0.2, 0.25) is 5.02 Å². The SMILES string of the molecule is N=C(c1cccc(Cl)c1F)c1ncc(N2CCC3(CCC[C@H]3N)CC2)nc1N. The van der Waals surface area contributed by atoms with Gasteiger partial charge < -0.3 is 16.4 Å². The van der Waals surface area contributed by atoms with E-state index in [-0.39, 0.29) is 33.2 Å². The molecule has 0 bridgehead atoms. The van der Waals surface area contributed by atoms with Crippen LogP contribution >= 0.6 is 11.6 Å². The van der Waals surface area contributed by atoms with Crippen molar-refractivity contribution in [3.05, 3.63) is 46.5 Å². The van der Waals surface area contributed by atoms with Crippen LogP contribution in [0.15, 0.2) is 24.4 Å². The predicted octanol–water partition coefficient (Wildman–Crippen LogP) is 3.37. The number of hydrogen-bond acceptors (Lipinski definition) is 6. The summed E-state index contributed by atoms with van der Waals surface area (Å²) in [6, 6.07) is 4.80. The van der Waals surface area contributed by atoms with Gasteiger partial charge in [0.25, 0.3) is 0 Å². The summed E-state index contributed by atoms with van der Waals surface area (Å²) in [7, 11) is 0. The number of aromatic nitrogens is 2. The fourth-order valence-corrected chi connectivity index (χ4v) is 4.71. The molecule has 1 saturated carbocycles. The molecule has 8 heteroatoms. The Morgan fingerprint density at radius 2 is 2.04 bits per heavy atom. The van der Waals surface area contributed by atoms with E-state index in [1.165, 1.54) is 25.0 Å². The Hall–Kier alpha value is -2.25. The quantitative estimate of drug-likeness (QED) is 0.682. The minimum absolute atomic E-state index is 0.0437. The second-order valence-corrected chi connectivity index (χ2v) is 8.19. The third-order valence-electron chi connectivity index (χ3n) is 6.30. The fourth-order valence-electron chi connectivity index (χ4n) is 4.53. The van der Waals surface area contributed by atoms with E-state index in [1.54, 1.807) is 12.3 Å². The number of piperidine rings is 1. The molecule has 28 heavy (non-hydrogen) atoms. The molecule has 4 rings (SSSR count). The largest absolute Gasteiger partial charge is 0.382 e. The van der Waals surface area contributed by atoms with Crippen molar-refractivity contribution >= 4 is 28.9 Å². The number of hydrogen-bond donors (Lipinski definition) is 3. The molecule has 0 radical (unpaired) electrons. The zero-order valence-corrected chi connectivity index (χ0v) is 16.3. The summed E-state index contributed by atoms with van der Waals surface area (Å²) in [5.41, 5.74) is 12.8. The molecule has 2 heterocycles. The molecule has 148 valence electrons. The van der Waals surface area contributed by atoms with E-state index in [0.717, 1.165) is 32.4 Å². The van der Waals surface area contributed by atoms with Gasteiger partial charge in [0.05, 0.1) is 16.9 Å². The van der Waals surface area contributed by atoms with Crippen molar-refractivity contribution < 1.29 is 4.39 Å². The van der Waals surface area contributed by atoms with Gasteiger partial charge in [-0.2, -0.15) is 0 Å². The molecule has 1 spiro atoms. The predicted molar refractivity (Wildman–Crippen MR) is 109 cm³/mol. The third kappa shape index (κ3) is 3.22. The molecular formula is C20H24ClFN6. The van der Waals surface area contributed by atoms with Gasteiger partial charge in [-0.25, -0.2) is 14.4 Å². The first kappa shape index (κ1) is 19.1. The second kappa shape index (κ2) is 7.29. The molecule has 2 aromatic rings. The van der Waals surface area contributed by atoms with Gasteiger partial charge in [0.2, 0.25) is 0 Å². The highest BCUT2D eigenvalue weighted by Gasteiger charge is 2.43. The Bertz CT molecular complexity index is 910. The number of nitrogen functional groups attached to an aromatic ring is 1. The molecule has 1 aromatic carbocycles. The zero-order valence-electron chi connectivity index (χ0n) is 15.6. The molecule has 0 amide bonds. The van der Waals surface area contributed by atoms with E-state index in [0.29, 0.717) is 11.9 Å². The summed E-state index contributed by atoms with van der Waals surface area (Å²) >= 11 is 5.82. The lowest BCUT2D eigenvalue weighted by atomic mass is 9.74. The van der Waals surface area contributed by atoms with Crippen molar-refractivity contribution in [2.24, 2.45) is 11.1 Å². The monoisotopic (exact) mass is 402 g/mol. The standard InChI is InChI=1S/C20H24ClFN6/c21-13-4-1-3-12(16(13)22)17(24)18-19(25)27-15(11-26-18)28-9-7-20(8-10-28)6-2-5-14(20)23/h1,3-4,11,14,24H,2,5-10,23H2,(H2,25,27)/t14-/m1/s1. The van der Waals surface area contributed by atoms with Crippen molar-refractivity contribution in [2.75, 3.05) is 23.7 Å². The third-order valence-corrected chi connectivity index (χ3v) is 6.60. The molecule has 1 aromatic heterocycles. The van der Waals surface area contributed by atoms with Crippen molar-refractivity contribution in [1.82, 2.24) is 9.97 Å². The van der Waals surface area contributed by atoms with Crippen LogP contribution in [0.3, 0.4) is 0 Å². The highest BCUT2D eigenvalue weighted by molar-refractivity contribution is 6.31. The first-order valence-corrected chi connectivity index (χ1v) is 9.95. The van der Waals surface area contributed by atoms with E-state index in [2.05, 4.69) is 14.9 Å². The van der Waals surface area contributed by atoms with Gasteiger partial charge in [0, 0.05) is 24.7 Å². The van der Waals surface area contributed by atoms with Crippen molar-refractivity contribution in [3.8, 4) is 0 Å². The molecule has 6 nitrogen and oxygen atoms in total. The number of nitrogens with two attached hydrogens (primary N) is 2. The van der Waals surface area contributed by atoms with Crippen molar-refractivity contribution in [3.63, 3.8) is 0 Å². The summed E-state index contributed by atoms with van der Waals surface area (Å²) in [4.78, 5) is 10.9. The number of nitrogens with zero attached hydrogens (tertiary/aromatic N) is 3. The maximum Gasteiger partial charge on any atom is 0.154 e. The van der Waals surface area contributed by atoms with Crippen LogP contribution in [0.25, 0.3) is 0 Å². The van der Waals surface area contributed by atoms with Crippen molar-refractivity contribution in [2.45, 2.75) is 38.1 Å². The van der Waals surface area contributed by atoms with E-state index in [9.17, 15) is 4.39 Å².